The summed E-state index contributed by atoms with van der Waals surface area (Å²) in [6.45, 7) is 10.5. The Morgan fingerprint density at radius 3 is 1.32 bits per heavy atom. The van der Waals surface area contributed by atoms with Crippen molar-refractivity contribution in [1.82, 2.24) is 9.80 Å². The monoisotopic (exact) mass is 480 g/mol. The Hall–Kier alpha value is -0.900. The first kappa shape index (κ1) is 33.1. The van der Waals surface area contributed by atoms with Crippen LogP contribution in [0.15, 0.2) is 0 Å². The van der Waals surface area contributed by atoms with Crippen molar-refractivity contribution in [3.8, 4) is 0 Å². The van der Waals surface area contributed by atoms with Crippen LogP contribution < -0.4 is 0 Å². The Bertz CT molecular complexity index is 467. The quantitative estimate of drug-likeness (QED) is 0.117. The summed E-state index contributed by atoms with van der Waals surface area (Å²) < 4.78 is 0. The van der Waals surface area contributed by atoms with E-state index in [0.717, 1.165) is 45.2 Å². The molecule has 0 fully saturated rings. The van der Waals surface area contributed by atoms with Gasteiger partial charge in [-0.15, -0.1) is 0 Å². The van der Waals surface area contributed by atoms with Crippen LogP contribution in [0.5, 0.6) is 0 Å². The second-order valence-corrected chi connectivity index (χ2v) is 10.5. The summed E-state index contributed by atoms with van der Waals surface area (Å²) in [6.07, 6.45) is 24.3. The van der Waals surface area contributed by atoms with Gasteiger partial charge in [0.1, 0.15) is 5.78 Å². The number of Topliss-reactive ketones (excluding diaryl/α,β-unsaturated/α-hetero) is 1. The molecule has 4 nitrogen and oxygen atoms in total. The highest BCUT2D eigenvalue weighted by Crippen LogP contribution is 2.12. The van der Waals surface area contributed by atoms with Gasteiger partial charge in [-0.05, 0) is 51.7 Å². The van der Waals surface area contributed by atoms with Crippen molar-refractivity contribution in [2.24, 2.45) is 0 Å². The first-order valence-electron chi connectivity index (χ1n) is 15.0. The largest absolute Gasteiger partial charge is 0.346 e. The van der Waals surface area contributed by atoms with Crippen molar-refractivity contribution >= 4 is 11.7 Å². The number of nitrogens with zero attached hydrogens (tertiary/aromatic N) is 2. The fourth-order valence-corrected chi connectivity index (χ4v) is 4.56. The molecule has 0 rings (SSSR count). The van der Waals surface area contributed by atoms with Gasteiger partial charge < -0.3 is 9.80 Å². The SMILES string of the molecule is CCCCCCCCC(=O)CCCCCCCN(CCCCCCCC)CCCN(C)C(C)=O. The van der Waals surface area contributed by atoms with Crippen LogP contribution in [0.1, 0.15) is 149 Å². The summed E-state index contributed by atoms with van der Waals surface area (Å²) in [4.78, 5) is 28.0. The number of unbranched alkanes of at least 4 members (excludes halogenated alkanes) is 14. The molecule has 0 heterocycles. The van der Waals surface area contributed by atoms with E-state index in [2.05, 4.69) is 18.7 Å². The molecule has 0 aliphatic heterocycles. The Labute approximate surface area is 213 Å². The van der Waals surface area contributed by atoms with E-state index in [1.807, 2.05) is 11.9 Å². The van der Waals surface area contributed by atoms with Gasteiger partial charge in [-0.2, -0.15) is 0 Å². The van der Waals surface area contributed by atoms with E-state index < -0.39 is 0 Å². The Morgan fingerprint density at radius 2 is 0.882 bits per heavy atom. The molecule has 202 valence electrons. The van der Waals surface area contributed by atoms with Crippen molar-refractivity contribution < 1.29 is 9.59 Å². The van der Waals surface area contributed by atoms with Crippen molar-refractivity contribution in [2.45, 2.75) is 149 Å². The van der Waals surface area contributed by atoms with Gasteiger partial charge in [0, 0.05) is 33.4 Å². The predicted octanol–water partition coefficient (Wildman–Crippen LogP) is 8.18. The summed E-state index contributed by atoms with van der Waals surface area (Å²) in [5.41, 5.74) is 0. The van der Waals surface area contributed by atoms with E-state index in [1.165, 1.54) is 109 Å². The van der Waals surface area contributed by atoms with Crippen LogP contribution in [0.4, 0.5) is 0 Å². The second-order valence-electron chi connectivity index (χ2n) is 10.5. The zero-order valence-electron chi connectivity index (χ0n) is 23.7. The van der Waals surface area contributed by atoms with Gasteiger partial charge in [-0.1, -0.05) is 97.3 Å². The van der Waals surface area contributed by atoms with Crippen LogP contribution in [0, 0.1) is 0 Å². The lowest BCUT2D eigenvalue weighted by Crippen LogP contribution is -2.31. The zero-order chi connectivity index (χ0) is 25.3. The molecule has 0 unspecified atom stereocenters. The molecule has 0 aromatic carbocycles. The number of hydrogen-bond donors (Lipinski definition) is 0. The number of carbonyl (C=O) groups is 2. The number of ketones is 1. The molecular formula is C30H60N2O2. The third kappa shape index (κ3) is 22.9. The van der Waals surface area contributed by atoms with Gasteiger partial charge >= 0.3 is 0 Å². The summed E-state index contributed by atoms with van der Waals surface area (Å²) >= 11 is 0. The first-order valence-corrected chi connectivity index (χ1v) is 15.0. The fraction of sp³-hybridized carbons (Fsp3) is 0.933. The molecule has 0 N–H and O–H groups in total. The minimum absolute atomic E-state index is 0.160. The molecule has 0 aromatic heterocycles. The van der Waals surface area contributed by atoms with E-state index in [1.54, 1.807) is 6.92 Å². The summed E-state index contributed by atoms with van der Waals surface area (Å²) in [6, 6.07) is 0. The third-order valence-corrected chi connectivity index (χ3v) is 7.07. The molecule has 4 heteroatoms. The van der Waals surface area contributed by atoms with Crippen molar-refractivity contribution in [3.05, 3.63) is 0 Å². The highest BCUT2D eigenvalue weighted by atomic mass is 16.2. The maximum atomic E-state index is 12.1. The van der Waals surface area contributed by atoms with E-state index in [9.17, 15) is 9.59 Å². The number of rotatable bonds is 26. The molecule has 1 amide bonds. The molecule has 0 saturated carbocycles. The van der Waals surface area contributed by atoms with Gasteiger partial charge in [-0.25, -0.2) is 0 Å². The summed E-state index contributed by atoms with van der Waals surface area (Å²) in [5, 5.41) is 0. The highest BCUT2D eigenvalue weighted by molar-refractivity contribution is 5.78. The van der Waals surface area contributed by atoms with Gasteiger partial charge in [-0.3, -0.25) is 9.59 Å². The molecule has 0 aromatic rings. The van der Waals surface area contributed by atoms with Crippen LogP contribution in [0.25, 0.3) is 0 Å². The van der Waals surface area contributed by atoms with Crippen LogP contribution >= 0.6 is 0 Å². The Kier molecular flexibility index (Phi) is 24.5. The maximum Gasteiger partial charge on any atom is 0.219 e. The molecule has 0 aliphatic carbocycles. The van der Waals surface area contributed by atoms with Crippen LogP contribution in [-0.4, -0.2) is 54.7 Å². The average Bonchev–Trinajstić information content (AvgIpc) is 2.82. The number of hydrogen-bond acceptors (Lipinski definition) is 3. The normalized spacial score (nSPS) is 11.3. The minimum Gasteiger partial charge on any atom is -0.346 e. The molecule has 0 saturated heterocycles. The zero-order valence-corrected chi connectivity index (χ0v) is 23.7. The highest BCUT2D eigenvalue weighted by Gasteiger charge is 2.08. The van der Waals surface area contributed by atoms with Crippen LogP contribution in [0.3, 0.4) is 0 Å². The van der Waals surface area contributed by atoms with Gasteiger partial charge in [0.25, 0.3) is 0 Å². The number of amides is 1. The Balaban J connectivity index is 3.88. The minimum atomic E-state index is 0.160. The molecule has 34 heavy (non-hydrogen) atoms. The standard InChI is InChI=1S/C30H60N2O2/c1-5-7-9-11-14-18-23-30(34)24-19-15-13-17-21-27-32(26-20-16-12-10-8-6-2)28-22-25-31(4)29(3)33/h5-28H2,1-4H3. The molecular weight excluding hydrogens is 420 g/mol. The van der Waals surface area contributed by atoms with E-state index in [4.69, 9.17) is 0 Å². The maximum absolute atomic E-state index is 12.1. The van der Waals surface area contributed by atoms with Crippen LogP contribution in [0.2, 0.25) is 0 Å². The third-order valence-electron chi connectivity index (χ3n) is 7.07. The second kappa shape index (κ2) is 25.2. The van der Waals surface area contributed by atoms with E-state index in [0.29, 0.717) is 5.78 Å². The van der Waals surface area contributed by atoms with Gasteiger partial charge in [0.05, 0.1) is 0 Å². The van der Waals surface area contributed by atoms with Crippen molar-refractivity contribution in [1.29, 1.82) is 0 Å². The Morgan fingerprint density at radius 1 is 0.500 bits per heavy atom. The molecule has 0 bridgehead atoms. The van der Waals surface area contributed by atoms with Crippen molar-refractivity contribution in [2.75, 3.05) is 33.2 Å². The number of carbonyl (C=O) groups excluding carboxylic acids is 2. The summed E-state index contributed by atoms with van der Waals surface area (Å²) in [7, 11) is 1.90. The van der Waals surface area contributed by atoms with Crippen LogP contribution in [-0.2, 0) is 9.59 Å². The smallest absolute Gasteiger partial charge is 0.219 e. The lowest BCUT2D eigenvalue weighted by Gasteiger charge is -2.24. The predicted molar refractivity (Wildman–Crippen MR) is 148 cm³/mol. The molecule has 0 radical (unpaired) electrons. The van der Waals surface area contributed by atoms with Crippen molar-refractivity contribution in [3.63, 3.8) is 0 Å². The molecule has 0 atom stereocenters. The topological polar surface area (TPSA) is 40.6 Å². The fourth-order valence-electron chi connectivity index (χ4n) is 4.56. The van der Waals surface area contributed by atoms with Gasteiger partial charge in [0.15, 0.2) is 0 Å². The van der Waals surface area contributed by atoms with Gasteiger partial charge in [0.2, 0.25) is 5.91 Å². The van der Waals surface area contributed by atoms with E-state index in [-0.39, 0.29) is 5.91 Å². The van der Waals surface area contributed by atoms with E-state index >= 15 is 0 Å². The lowest BCUT2D eigenvalue weighted by atomic mass is 10.0. The average molecular weight is 481 g/mol. The lowest BCUT2D eigenvalue weighted by molar-refractivity contribution is -0.127. The molecule has 0 aliphatic rings. The molecule has 0 spiro atoms. The first-order chi connectivity index (χ1) is 16.5. The summed E-state index contributed by atoms with van der Waals surface area (Å²) in [5.74, 6) is 0.643.